The molecule has 2 atom stereocenters. The lowest BCUT2D eigenvalue weighted by Gasteiger charge is -2.51. The fourth-order valence-corrected chi connectivity index (χ4v) is 4.23. The lowest BCUT2D eigenvalue weighted by atomic mass is 9.84. The highest BCUT2D eigenvalue weighted by Crippen LogP contribution is 2.34. The first kappa shape index (κ1) is 14.4. The summed E-state index contributed by atoms with van der Waals surface area (Å²) in [6, 6.07) is 1.17. The second-order valence-electron chi connectivity index (χ2n) is 5.56. The summed E-state index contributed by atoms with van der Waals surface area (Å²) in [5.74, 6) is -0.766. The largest absolute Gasteiger partial charge is 0.337 e. The van der Waals surface area contributed by atoms with Gasteiger partial charge in [0.1, 0.15) is 0 Å². The second kappa shape index (κ2) is 5.03. The number of hydrogen-bond donors (Lipinski definition) is 0. The quantitative estimate of drug-likeness (QED) is 0.789. The fourth-order valence-electron chi connectivity index (χ4n) is 3.03. The van der Waals surface area contributed by atoms with E-state index >= 15 is 0 Å². The van der Waals surface area contributed by atoms with Crippen molar-refractivity contribution in [2.45, 2.75) is 12.5 Å². The van der Waals surface area contributed by atoms with E-state index in [9.17, 15) is 17.6 Å². The number of hydrogen-bond acceptors (Lipinski definition) is 4. The predicted molar refractivity (Wildman–Crippen MR) is 73.5 cm³/mol. The van der Waals surface area contributed by atoms with Crippen molar-refractivity contribution in [3.8, 4) is 0 Å². The number of carbonyl (C=O) groups excluding carboxylic acids is 1. The molecule has 1 aromatic rings. The lowest BCUT2D eigenvalue weighted by molar-refractivity contribution is 0.0139. The molecule has 114 valence electrons. The molecule has 3 rings (SSSR count). The van der Waals surface area contributed by atoms with E-state index in [1.165, 1.54) is 27.7 Å². The fraction of sp³-hybridized carbons (Fsp3) is 0.538. The molecule has 2 fully saturated rings. The minimum Gasteiger partial charge on any atom is -0.337 e. The van der Waals surface area contributed by atoms with E-state index in [-0.39, 0.29) is 11.6 Å². The Labute approximate surface area is 122 Å². The minimum atomic E-state index is -3.25. The van der Waals surface area contributed by atoms with Crippen LogP contribution >= 0.6 is 0 Å². The van der Waals surface area contributed by atoms with Gasteiger partial charge in [0, 0.05) is 31.9 Å². The van der Waals surface area contributed by atoms with Gasteiger partial charge in [-0.3, -0.25) is 9.78 Å². The molecule has 3 heterocycles. The number of sulfonamides is 1. The predicted octanol–water partition coefficient (Wildman–Crippen LogP) is 0.327. The van der Waals surface area contributed by atoms with Crippen LogP contribution in [0, 0.1) is 11.7 Å². The van der Waals surface area contributed by atoms with E-state index in [4.69, 9.17) is 0 Å². The van der Waals surface area contributed by atoms with Crippen molar-refractivity contribution in [2.24, 2.45) is 5.92 Å². The molecule has 1 aromatic heterocycles. The zero-order valence-electron chi connectivity index (χ0n) is 11.6. The number of fused-ring (bicyclic) bond motifs is 1. The van der Waals surface area contributed by atoms with Gasteiger partial charge in [0.25, 0.3) is 5.91 Å². The van der Waals surface area contributed by atoms with Crippen LogP contribution in [0.15, 0.2) is 18.5 Å². The zero-order valence-corrected chi connectivity index (χ0v) is 12.4. The van der Waals surface area contributed by atoms with E-state index < -0.39 is 21.7 Å². The molecule has 0 aromatic carbocycles. The van der Waals surface area contributed by atoms with Crippen molar-refractivity contribution in [2.75, 3.05) is 25.9 Å². The highest BCUT2D eigenvalue weighted by molar-refractivity contribution is 7.88. The average molecular weight is 313 g/mol. The third-order valence-electron chi connectivity index (χ3n) is 4.22. The number of amides is 1. The van der Waals surface area contributed by atoms with E-state index in [1.807, 2.05) is 0 Å². The standard InChI is InChI=1S/C13H16FN3O3S/c1-21(19,20)17-7-9-3-5-16(8-12(9)17)13(18)10-2-4-15-6-11(10)14/h2,4,6,9,12H,3,5,7-8H2,1H3/t9-,12-/m1/s1. The summed E-state index contributed by atoms with van der Waals surface area (Å²) in [6.07, 6.45) is 4.29. The Morgan fingerprint density at radius 1 is 1.43 bits per heavy atom. The number of nitrogens with zero attached hydrogens (tertiary/aromatic N) is 3. The van der Waals surface area contributed by atoms with Gasteiger partial charge in [-0.2, -0.15) is 4.31 Å². The summed E-state index contributed by atoms with van der Waals surface area (Å²) in [5, 5.41) is 0. The Kier molecular flexibility index (Phi) is 3.45. The first-order valence-corrected chi connectivity index (χ1v) is 8.58. The Morgan fingerprint density at radius 3 is 2.86 bits per heavy atom. The van der Waals surface area contributed by atoms with Gasteiger partial charge in [-0.1, -0.05) is 0 Å². The molecule has 2 saturated heterocycles. The van der Waals surface area contributed by atoms with Gasteiger partial charge in [0.05, 0.1) is 18.0 Å². The number of piperidine rings is 1. The summed E-state index contributed by atoms with van der Waals surface area (Å²) >= 11 is 0. The van der Waals surface area contributed by atoms with Gasteiger partial charge in [-0.15, -0.1) is 0 Å². The number of pyridine rings is 1. The van der Waals surface area contributed by atoms with E-state index in [2.05, 4.69) is 4.98 Å². The number of halogens is 1. The van der Waals surface area contributed by atoms with Gasteiger partial charge < -0.3 is 4.90 Å². The van der Waals surface area contributed by atoms with Crippen LogP contribution in [0.1, 0.15) is 16.8 Å². The van der Waals surface area contributed by atoms with Crippen molar-refractivity contribution in [3.63, 3.8) is 0 Å². The number of rotatable bonds is 2. The highest BCUT2D eigenvalue weighted by atomic mass is 32.2. The summed E-state index contributed by atoms with van der Waals surface area (Å²) < 4.78 is 38.3. The summed E-state index contributed by atoms with van der Waals surface area (Å²) in [7, 11) is -3.25. The molecule has 6 nitrogen and oxygen atoms in total. The topological polar surface area (TPSA) is 70.6 Å². The number of likely N-dealkylation sites (tertiary alicyclic amines) is 1. The van der Waals surface area contributed by atoms with Gasteiger partial charge >= 0.3 is 0 Å². The van der Waals surface area contributed by atoms with Crippen LogP contribution in [0.25, 0.3) is 0 Å². The molecule has 0 N–H and O–H groups in total. The van der Waals surface area contributed by atoms with Crippen LogP contribution in [0.4, 0.5) is 4.39 Å². The zero-order chi connectivity index (χ0) is 15.2. The van der Waals surface area contributed by atoms with E-state index in [1.54, 1.807) is 0 Å². The molecule has 0 spiro atoms. The van der Waals surface area contributed by atoms with Crippen LogP contribution in [0.3, 0.4) is 0 Å². The Hall–Kier alpha value is -1.54. The average Bonchev–Trinajstić information content (AvgIpc) is 2.38. The molecule has 0 bridgehead atoms. The molecular weight excluding hydrogens is 297 g/mol. The third-order valence-corrected chi connectivity index (χ3v) is 5.49. The van der Waals surface area contributed by atoms with Crippen LogP contribution in [-0.4, -0.2) is 60.4 Å². The molecule has 21 heavy (non-hydrogen) atoms. The Bertz CT molecular complexity index is 679. The molecule has 0 unspecified atom stereocenters. The van der Waals surface area contributed by atoms with Crippen LogP contribution in [-0.2, 0) is 10.0 Å². The summed E-state index contributed by atoms with van der Waals surface area (Å²) in [5.41, 5.74) is -0.0197. The molecule has 1 amide bonds. The first-order chi connectivity index (χ1) is 9.88. The molecular formula is C13H16FN3O3S. The van der Waals surface area contributed by atoms with Crippen LogP contribution < -0.4 is 0 Å². The van der Waals surface area contributed by atoms with Gasteiger partial charge in [0.2, 0.25) is 10.0 Å². The second-order valence-corrected chi connectivity index (χ2v) is 7.49. The maximum atomic E-state index is 13.6. The summed E-state index contributed by atoms with van der Waals surface area (Å²) in [4.78, 5) is 17.5. The van der Waals surface area contributed by atoms with Crippen molar-refractivity contribution >= 4 is 15.9 Å². The number of aromatic nitrogens is 1. The molecule has 2 aliphatic heterocycles. The molecule has 0 saturated carbocycles. The number of carbonyl (C=O) groups is 1. The van der Waals surface area contributed by atoms with Gasteiger partial charge in [-0.05, 0) is 18.4 Å². The van der Waals surface area contributed by atoms with Gasteiger partial charge in [0.15, 0.2) is 5.82 Å². The molecule has 2 aliphatic rings. The highest BCUT2D eigenvalue weighted by Gasteiger charge is 2.47. The lowest BCUT2D eigenvalue weighted by Crippen LogP contribution is -2.65. The van der Waals surface area contributed by atoms with E-state index in [0.29, 0.717) is 25.6 Å². The maximum Gasteiger partial charge on any atom is 0.256 e. The molecule has 0 radical (unpaired) electrons. The monoisotopic (exact) mass is 313 g/mol. The van der Waals surface area contributed by atoms with Crippen molar-refractivity contribution in [1.82, 2.24) is 14.2 Å². The smallest absolute Gasteiger partial charge is 0.256 e. The minimum absolute atomic E-state index is 0.0197. The molecule has 8 heteroatoms. The van der Waals surface area contributed by atoms with Gasteiger partial charge in [-0.25, -0.2) is 12.8 Å². The normalized spacial score (nSPS) is 26.1. The SMILES string of the molecule is CS(=O)(=O)N1C[C@H]2CCN(C(=O)c3ccncc3F)C[C@H]21. The third kappa shape index (κ3) is 2.53. The van der Waals surface area contributed by atoms with Crippen LogP contribution in [0.2, 0.25) is 0 Å². The van der Waals surface area contributed by atoms with Crippen molar-refractivity contribution in [3.05, 3.63) is 29.8 Å². The van der Waals surface area contributed by atoms with Crippen molar-refractivity contribution in [1.29, 1.82) is 0 Å². The Balaban J connectivity index is 1.76. The maximum absolute atomic E-state index is 13.6. The Morgan fingerprint density at radius 2 is 2.19 bits per heavy atom. The first-order valence-electron chi connectivity index (χ1n) is 6.73. The van der Waals surface area contributed by atoms with E-state index in [0.717, 1.165) is 12.6 Å². The van der Waals surface area contributed by atoms with Crippen molar-refractivity contribution < 1.29 is 17.6 Å². The molecule has 0 aliphatic carbocycles. The summed E-state index contributed by atoms with van der Waals surface area (Å²) in [6.45, 7) is 1.37. The van der Waals surface area contributed by atoms with Crippen LogP contribution in [0.5, 0.6) is 0 Å².